The predicted octanol–water partition coefficient (Wildman–Crippen LogP) is 4.52. The molecule has 0 radical (unpaired) electrons. The molecule has 2 heterocycles. The Balaban J connectivity index is 1.71. The Labute approximate surface area is 121 Å². The molecule has 4 heteroatoms. The van der Waals surface area contributed by atoms with Crippen molar-refractivity contribution < 1.29 is 0 Å². The monoisotopic (exact) mass is 288 g/mol. The molecule has 1 N–H and O–H groups in total. The Morgan fingerprint density at radius 1 is 1.16 bits per heavy atom. The number of hydrogen-bond acceptors (Lipinski definition) is 4. The van der Waals surface area contributed by atoms with Crippen LogP contribution in [0.4, 0.5) is 0 Å². The topological polar surface area (TPSA) is 24.9 Å². The molecule has 0 saturated heterocycles. The second kappa shape index (κ2) is 5.41. The van der Waals surface area contributed by atoms with E-state index in [1.54, 1.807) is 11.3 Å². The Bertz CT molecular complexity index is 651. The molecule has 0 aliphatic rings. The molecule has 2 aromatic heterocycles. The quantitative estimate of drug-likeness (QED) is 0.763. The summed E-state index contributed by atoms with van der Waals surface area (Å²) in [4.78, 5) is 7.43. The van der Waals surface area contributed by atoms with Crippen LogP contribution in [0.1, 0.15) is 27.7 Å². The molecule has 0 bridgehead atoms. The van der Waals surface area contributed by atoms with E-state index >= 15 is 0 Å². The number of hydrogen-bond donors (Lipinski definition) is 1. The highest BCUT2D eigenvalue weighted by Gasteiger charge is 2.11. The van der Waals surface area contributed by atoms with Gasteiger partial charge in [-0.2, -0.15) is 0 Å². The molecular weight excluding hydrogens is 272 g/mol. The van der Waals surface area contributed by atoms with Crippen LogP contribution >= 0.6 is 22.7 Å². The lowest BCUT2D eigenvalue weighted by molar-refractivity contribution is 0.577. The maximum Gasteiger partial charge on any atom is 0.111 e. The van der Waals surface area contributed by atoms with Crippen molar-refractivity contribution in [1.82, 2.24) is 10.3 Å². The van der Waals surface area contributed by atoms with Crippen LogP contribution in [0.25, 0.3) is 10.2 Å². The van der Waals surface area contributed by atoms with Crippen LogP contribution in [0.5, 0.6) is 0 Å². The third kappa shape index (κ3) is 2.86. The maximum absolute atomic E-state index is 4.69. The van der Waals surface area contributed by atoms with Crippen LogP contribution in [0.15, 0.2) is 36.4 Å². The second-order valence-electron chi connectivity index (χ2n) is 4.63. The first-order valence-electron chi connectivity index (χ1n) is 6.36. The minimum Gasteiger partial charge on any atom is -0.303 e. The summed E-state index contributed by atoms with van der Waals surface area (Å²) in [5.74, 6) is 0. The van der Waals surface area contributed by atoms with E-state index in [1.807, 2.05) is 17.4 Å². The number of aryl methyl sites for hydroxylation is 1. The number of thiazole rings is 1. The molecule has 1 aromatic carbocycles. The molecule has 3 rings (SSSR count). The maximum atomic E-state index is 4.69. The zero-order valence-corrected chi connectivity index (χ0v) is 12.6. The van der Waals surface area contributed by atoms with Crippen LogP contribution < -0.4 is 5.32 Å². The largest absolute Gasteiger partial charge is 0.303 e. The molecule has 0 aliphatic heterocycles. The minimum atomic E-state index is 0.291. The average Bonchev–Trinajstić information content (AvgIpc) is 3.01. The van der Waals surface area contributed by atoms with Crippen molar-refractivity contribution in [3.63, 3.8) is 0 Å². The van der Waals surface area contributed by atoms with E-state index in [9.17, 15) is 0 Å². The van der Waals surface area contributed by atoms with Crippen LogP contribution in [0.2, 0.25) is 0 Å². The van der Waals surface area contributed by atoms with Crippen molar-refractivity contribution in [2.45, 2.75) is 26.4 Å². The molecule has 0 fully saturated rings. The van der Waals surface area contributed by atoms with Crippen LogP contribution in [-0.2, 0) is 6.54 Å². The Morgan fingerprint density at radius 2 is 2.00 bits per heavy atom. The van der Waals surface area contributed by atoms with Crippen molar-refractivity contribution in [1.29, 1.82) is 0 Å². The molecule has 1 unspecified atom stereocenters. The van der Waals surface area contributed by atoms with Crippen molar-refractivity contribution in [3.05, 3.63) is 51.2 Å². The third-order valence-corrected chi connectivity index (χ3v) is 5.28. The smallest absolute Gasteiger partial charge is 0.111 e. The average molecular weight is 288 g/mol. The van der Waals surface area contributed by atoms with E-state index in [-0.39, 0.29) is 0 Å². The van der Waals surface area contributed by atoms with Crippen molar-refractivity contribution in [3.8, 4) is 0 Å². The summed E-state index contributed by atoms with van der Waals surface area (Å²) in [6.07, 6.45) is 0. The first kappa shape index (κ1) is 12.8. The SMILES string of the molecule is Cc1ccc(CNC(C)c2nc3ccccc3s2)s1. The van der Waals surface area contributed by atoms with Gasteiger partial charge in [-0.25, -0.2) is 4.98 Å². The highest BCUT2D eigenvalue weighted by atomic mass is 32.1. The number of nitrogens with zero attached hydrogens (tertiary/aromatic N) is 1. The van der Waals surface area contributed by atoms with Crippen LogP contribution in [-0.4, -0.2) is 4.98 Å². The van der Waals surface area contributed by atoms with E-state index in [0.717, 1.165) is 17.1 Å². The van der Waals surface area contributed by atoms with Gasteiger partial charge >= 0.3 is 0 Å². The summed E-state index contributed by atoms with van der Waals surface area (Å²) in [5, 5.41) is 4.71. The number of benzene rings is 1. The second-order valence-corrected chi connectivity index (χ2v) is 7.07. The van der Waals surface area contributed by atoms with Gasteiger partial charge in [0.25, 0.3) is 0 Å². The summed E-state index contributed by atoms with van der Waals surface area (Å²) < 4.78 is 1.26. The van der Waals surface area contributed by atoms with Crippen molar-refractivity contribution in [2.24, 2.45) is 0 Å². The van der Waals surface area contributed by atoms with E-state index in [1.165, 1.54) is 14.5 Å². The van der Waals surface area contributed by atoms with Gasteiger partial charge < -0.3 is 5.32 Å². The fraction of sp³-hybridized carbons (Fsp3) is 0.267. The number of thiophene rings is 1. The molecule has 3 aromatic rings. The molecule has 98 valence electrons. The Hall–Kier alpha value is -1.23. The molecule has 1 atom stereocenters. The summed E-state index contributed by atoms with van der Waals surface area (Å²) in [7, 11) is 0. The van der Waals surface area contributed by atoms with E-state index in [2.05, 4.69) is 54.5 Å². The van der Waals surface area contributed by atoms with Gasteiger partial charge in [0, 0.05) is 16.3 Å². The zero-order chi connectivity index (χ0) is 13.2. The van der Waals surface area contributed by atoms with Gasteiger partial charge in [-0.05, 0) is 38.1 Å². The molecule has 0 spiro atoms. The summed E-state index contributed by atoms with van der Waals surface area (Å²) in [6, 6.07) is 13.0. The van der Waals surface area contributed by atoms with E-state index in [4.69, 9.17) is 0 Å². The van der Waals surface area contributed by atoms with Gasteiger partial charge in [0.1, 0.15) is 5.01 Å². The number of nitrogens with one attached hydrogen (secondary N) is 1. The highest BCUT2D eigenvalue weighted by Crippen LogP contribution is 2.26. The molecular formula is C15H16N2S2. The lowest BCUT2D eigenvalue weighted by atomic mass is 10.3. The van der Waals surface area contributed by atoms with Gasteiger partial charge in [0.05, 0.1) is 16.3 Å². The minimum absolute atomic E-state index is 0.291. The van der Waals surface area contributed by atoms with E-state index in [0.29, 0.717) is 6.04 Å². The van der Waals surface area contributed by atoms with Gasteiger partial charge in [0.2, 0.25) is 0 Å². The van der Waals surface area contributed by atoms with Gasteiger partial charge in [-0.3, -0.25) is 0 Å². The Morgan fingerprint density at radius 3 is 2.74 bits per heavy atom. The summed E-state index contributed by atoms with van der Waals surface area (Å²) >= 11 is 3.63. The highest BCUT2D eigenvalue weighted by molar-refractivity contribution is 7.18. The molecule has 19 heavy (non-hydrogen) atoms. The van der Waals surface area contributed by atoms with Crippen molar-refractivity contribution >= 4 is 32.9 Å². The van der Waals surface area contributed by atoms with Gasteiger partial charge in [-0.1, -0.05) is 12.1 Å². The Kier molecular flexibility index (Phi) is 3.64. The number of aromatic nitrogens is 1. The van der Waals surface area contributed by atoms with Crippen molar-refractivity contribution in [2.75, 3.05) is 0 Å². The third-order valence-electron chi connectivity index (χ3n) is 3.06. The van der Waals surface area contributed by atoms with Crippen LogP contribution in [0, 0.1) is 6.92 Å². The fourth-order valence-electron chi connectivity index (χ4n) is 2.00. The normalized spacial score (nSPS) is 12.9. The molecule has 2 nitrogen and oxygen atoms in total. The standard InChI is InChI=1S/C15H16N2S2/c1-10-7-8-12(18-10)9-16-11(2)15-17-13-5-3-4-6-14(13)19-15/h3-8,11,16H,9H2,1-2H3. The lowest BCUT2D eigenvalue weighted by Gasteiger charge is -2.09. The number of fused-ring (bicyclic) bond motifs is 1. The lowest BCUT2D eigenvalue weighted by Crippen LogP contribution is -2.17. The fourth-order valence-corrected chi connectivity index (χ4v) is 3.83. The molecule has 0 aliphatic carbocycles. The van der Waals surface area contributed by atoms with Gasteiger partial charge in [-0.15, -0.1) is 22.7 Å². The number of para-hydroxylation sites is 1. The first-order chi connectivity index (χ1) is 9.22. The first-order valence-corrected chi connectivity index (χ1v) is 8.00. The van der Waals surface area contributed by atoms with Crippen LogP contribution in [0.3, 0.4) is 0 Å². The molecule has 0 amide bonds. The predicted molar refractivity (Wildman–Crippen MR) is 83.9 cm³/mol. The van der Waals surface area contributed by atoms with E-state index < -0.39 is 0 Å². The summed E-state index contributed by atoms with van der Waals surface area (Å²) in [5.41, 5.74) is 1.10. The molecule has 0 saturated carbocycles. The number of rotatable bonds is 4. The summed E-state index contributed by atoms with van der Waals surface area (Å²) in [6.45, 7) is 5.24. The zero-order valence-electron chi connectivity index (χ0n) is 11.0. The van der Waals surface area contributed by atoms with Gasteiger partial charge in [0.15, 0.2) is 0 Å².